The van der Waals surface area contributed by atoms with Gasteiger partial charge in [-0.2, -0.15) is 0 Å². The standard InChI is InChI=1S/C27H27F3N4O5/c1-36-25(35)21-10-11-31-26(32-21)34-16-8-9-17(34)13-18(12-16)37-14-20-23(33-39-24(20)15-6-7-15)19-4-2-3-5-22(19)38-27(28,29)30/h2-5,10-11,15-18H,6-9,12-14H2,1H3/t16-,17+,18?. The third-order valence-corrected chi connectivity index (χ3v) is 7.56. The topological polar surface area (TPSA) is 99.8 Å². The fourth-order valence-electron chi connectivity index (χ4n) is 5.70. The number of aromatic nitrogens is 3. The molecule has 12 heteroatoms. The molecule has 9 nitrogen and oxygen atoms in total. The molecule has 3 aromatic rings. The summed E-state index contributed by atoms with van der Waals surface area (Å²) in [5, 5.41) is 4.16. The largest absolute Gasteiger partial charge is 0.573 e. The van der Waals surface area contributed by atoms with E-state index in [2.05, 4.69) is 24.8 Å². The number of hydrogen-bond acceptors (Lipinski definition) is 9. The Labute approximate surface area is 222 Å². The number of carbonyl (C=O) groups is 1. The molecule has 2 aromatic heterocycles. The van der Waals surface area contributed by atoms with E-state index in [1.807, 2.05) is 0 Å². The van der Waals surface area contributed by atoms with Gasteiger partial charge in [0.25, 0.3) is 0 Å². The molecule has 0 radical (unpaired) electrons. The number of fused-ring (bicyclic) bond motifs is 2. The van der Waals surface area contributed by atoms with E-state index >= 15 is 0 Å². The highest BCUT2D eigenvalue weighted by atomic mass is 19.4. The van der Waals surface area contributed by atoms with Crippen molar-refractivity contribution in [3.63, 3.8) is 0 Å². The monoisotopic (exact) mass is 544 g/mol. The summed E-state index contributed by atoms with van der Waals surface area (Å²) in [6.45, 7) is 0.170. The number of ether oxygens (including phenoxy) is 3. The number of alkyl halides is 3. The average Bonchev–Trinajstić information content (AvgIpc) is 3.62. The summed E-state index contributed by atoms with van der Waals surface area (Å²) in [7, 11) is 1.31. The van der Waals surface area contributed by atoms with Gasteiger partial charge < -0.3 is 23.6 Å². The Kier molecular flexibility index (Phi) is 6.66. The van der Waals surface area contributed by atoms with E-state index in [1.54, 1.807) is 18.3 Å². The summed E-state index contributed by atoms with van der Waals surface area (Å²) in [5.41, 5.74) is 1.40. The molecule has 6 rings (SSSR count). The molecule has 39 heavy (non-hydrogen) atoms. The van der Waals surface area contributed by atoms with E-state index < -0.39 is 12.3 Å². The van der Waals surface area contributed by atoms with Crippen LogP contribution in [0.15, 0.2) is 41.1 Å². The van der Waals surface area contributed by atoms with Crippen molar-refractivity contribution in [3.8, 4) is 17.0 Å². The molecule has 1 saturated carbocycles. The number of esters is 1. The average molecular weight is 545 g/mol. The molecular weight excluding hydrogens is 517 g/mol. The van der Waals surface area contributed by atoms with Crippen LogP contribution in [0.25, 0.3) is 11.3 Å². The lowest BCUT2D eigenvalue weighted by Crippen LogP contribution is -2.46. The van der Waals surface area contributed by atoms with E-state index in [-0.39, 0.29) is 47.7 Å². The first-order chi connectivity index (χ1) is 18.8. The number of nitrogens with zero attached hydrogens (tertiary/aromatic N) is 4. The highest BCUT2D eigenvalue weighted by Gasteiger charge is 2.43. The third kappa shape index (κ3) is 5.29. The van der Waals surface area contributed by atoms with Crippen molar-refractivity contribution in [2.24, 2.45) is 0 Å². The molecular formula is C27H27F3N4O5. The van der Waals surface area contributed by atoms with Crippen molar-refractivity contribution in [2.45, 2.75) is 75.6 Å². The van der Waals surface area contributed by atoms with Gasteiger partial charge in [-0.1, -0.05) is 17.3 Å². The van der Waals surface area contributed by atoms with E-state index in [1.165, 1.54) is 25.3 Å². The first-order valence-corrected chi connectivity index (χ1v) is 13.0. The van der Waals surface area contributed by atoms with Crippen LogP contribution in [0.5, 0.6) is 5.75 Å². The lowest BCUT2D eigenvalue weighted by Gasteiger charge is -2.38. The first-order valence-electron chi connectivity index (χ1n) is 13.0. The second-order valence-corrected chi connectivity index (χ2v) is 10.1. The number of carbonyl (C=O) groups excluding carboxylic acids is 1. The molecule has 2 aliphatic heterocycles. The van der Waals surface area contributed by atoms with Gasteiger partial charge in [-0.15, -0.1) is 13.2 Å². The Morgan fingerprint density at radius 3 is 2.54 bits per heavy atom. The maximum atomic E-state index is 13.1. The second-order valence-electron chi connectivity index (χ2n) is 10.1. The van der Waals surface area contributed by atoms with Crippen molar-refractivity contribution < 1.29 is 36.7 Å². The predicted molar refractivity (Wildman–Crippen MR) is 131 cm³/mol. The van der Waals surface area contributed by atoms with Crippen LogP contribution in [-0.2, 0) is 16.1 Å². The molecule has 1 aromatic carbocycles. The number of hydrogen-bond donors (Lipinski definition) is 0. The molecule has 0 spiro atoms. The van der Waals surface area contributed by atoms with Gasteiger partial charge in [-0.3, -0.25) is 0 Å². The van der Waals surface area contributed by atoms with E-state index in [0.717, 1.165) is 38.5 Å². The van der Waals surface area contributed by atoms with Gasteiger partial charge in [0, 0.05) is 35.3 Å². The highest BCUT2D eigenvalue weighted by Crippen LogP contribution is 2.46. The predicted octanol–water partition coefficient (Wildman–Crippen LogP) is 5.41. The number of methoxy groups -OCH3 is 1. The Hall–Kier alpha value is -3.67. The minimum atomic E-state index is -4.83. The van der Waals surface area contributed by atoms with E-state index in [0.29, 0.717) is 23.0 Å². The number of halogens is 3. The summed E-state index contributed by atoms with van der Waals surface area (Å²) in [6.07, 6.45) is 1.90. The summed E-state index contributed by atoms with van der Waals surface area (Å²) in [4.78, 5) is 22.9. The molecule has 4 heterocycles. The molecule has 0 N–H and O–H groups in total. The lowest BCUT2D eigenvalue weighted by molar-refractivity contribution is -0.274. The van der Waals surface area contributed by atoms with Crippen LogP contribution < -0.4 is 9.64 Å². The van der Waals surface area contributed by atoms with Gasteiger partial charge in [0.2, 0.25) is 5.95 Å². The number of benzene rings is 1. The van der Waals surface area contributed by atoms with Gasteiger partial charge in [0.15, 0.2) is 5.69 Å². The molecule has 2 saturated heterocycles. The Morgan fingerprint density at radius 2 is 1.85 bits per heavy atom. The highest BCUT2D eigenvalue weighted by molar-refractivity contribution is 5.87. The van der Waals surface area contributed by atoms with Crippen LogP contribution in [0.4, 0.5) is 19.1 Å². The minimum Gasteiger partial charge on any atom is -0.464 e. The zero-order valence-electron chi connectivity index (χ0n) is 21.2. The van der Waals surface area contributed by atoms with Gasteiger partial charge in [0.1, 0.15) is 17.2 Å². The summed E-state index contributed by atoms with van der Waals surface area (Å²) in [5.74, 6) is 0.519. The molecule has 1 unspecified atom stereocenters. The molecule has 3 atom stereocenters. The minimum absolute atomic E-state index is 0.0704. The maximum absolute atomic E-state index is 13.1. The number of rotatable bonds is 8. The molecule has 1 aliphatic carbocycles. The normalized spacial score (nSPS) is 22.7. The van der Waals surface area contributed by atoms with Crippen LogP contribution >= 0.6 is 0 Å². The zero-order chi connectivity index (χ0) is 27.1. The lowest BCUT2D eigenvalue weighted by atomic mass is 9.99. The molecule has 2 bridgehead atoms. The van der Waals surface area contributed by atoms with Crippen molar-refractivity contribution in [3.05, 3.63) is 53.5 Å². The maximum Gasteiger partial charge on any atom is 0.573 e. The van der Waals surface area contributed by atoms with Crippen molar-refractivity contribution in [1.29, 1.82) is 0 Å². The van der Waals surface area contributed by atoms with Crippen LogP contribution in [0.2, 0.25) is 0 Å². The second kappa shape index (κ2) is 10.1. The number of piperidine rings is 1. The third-order valence-electron chi connectivity index (χ3n) is 7.56. The van der Waals surface area contributed by atoms with Crippen LogP contribution in [0.3, 0.4) is 0 Å². The van der Waals surface area contributed by atoms with Gasteiger partial charge in [-0.05, 0) is 56.7 Å². The van der Waals surface area contributed by atoms with Crippen molar-refractivity contribution >= 4 is 11.9 Å². The SMILES string of the molecule is COC(=O)c1ccnc(N2[C@@H]3CC[C@H]2CC(OCc2c(-c4ccccc4OC(F)(F)F)noc2C2CC2)C3)n1. The van der Waals surface area contributed by atoms with E-state index in [9.17, 15) is 18.0 Å². The first kappa shape index (κ1) is 25.6. The quantitative estimate of drug-likeness (QED) is 0.345. The fraction of sp³-hybridized carbons (Fsp3) is 0.481. The van der Waals surface area contributed by atoms with Gasteiger partial charge in [-0.25, -0.2) is 14.8 Å². The summed E-state index contributed by atoms with van der Waals surface area (Å²) < 4.78 is 60.3. The molecule has 0 amide bonds. The summed E-state index contributed by atoms with van der Waals surface area (Å²) in [6, 6.07) is 7.75. The van der Waals surface area contributed by atoms with E-state index in [4.69, 9.17) is 14.0 Å². The molecule has 3 fully saturated rings. The number of anilines is 1. The van der Waals surface area contributed by atoms with Crippen LogP contribution in [0, 0.1) is 0 Å². The van der Waals surface area contributed by atoms with Crippen molar-refractivity contribution in [1.82, 2.24) is 15.1 Å². The van der Waals surface area contributed by atoms with Crippen LogP contribution in [0.1, 0.15) is 66.3 Å². The fourth-order valence-corrected chi connectivity index (χ4v) is 5.70. The number of para-hydroxylation sites is 1. The Bertz CT molecular complexity index is 1350. The molecule has 3 aliphatic rings. The zero-order valence-corrected chi connectivity index (χ0v) is 21.2. The Morgan fingerprint density at radius 1 is 1.10 bits per heavy atom. The van der Waals surface area contributed by atoms with Gasteiger partial charge >= 0.3 is 12.3 Å². The summed E-state index contributed by atoms with van der Waals surface area (Å²) >= 11 is 0. The molecule has 206 valence electrons. The smallest absolute Gasteiger partial charge is 0.464 e. The van der Waals surface area contributed by atoms with Crippen LogP contribution in [-0.4, -0.2) is 52.8 Å². The van der Waals surface area contributed by atoms with Gasteiger partial charge in [0.05, 0.1) is 19.8 Å². The Balaban J connectivity index is 1.20. The van der Waals surface area contributed by atoms with Crippen molar-refractivity contribution in [2.75, 3.05) is 12.0 Å².